The van der Waals surface area contributed by atoms with Crippen LogP contribution in [0.25, 0.3) is 0 Å². The molecule has 0 unspecified atom stereocenters. The number of nitrogens with zero attached hydrogens (tertiary/aromatic N) is 3. The summed E-state index contributed by atoms with van der Waals surface area (Å²) in [4.78, 5) is 17.0. The lowest BCUT2D eigenvalue weighted by molar-refractivity contribution is -0.145. The molecule has 1 aromatic heterocycles. The van der Waals surface area contributed by atoms with Gasteiger partial charge in [0.15, 0.2) is 0 Å². The summed E-state index contributed by atoms with van der Waals surface area (Å²) < 4.78 is 80.0. The summed E-state index contributed by atoms with van der Waals surface area (Å²) in [6.07, 6.45) is -3.82. The molecule has 2 fully saturated rings. The molecule has 0 radical (unpaired) electrons. The highest BCUT2D eigenvalue weighted by atomic mass is 19.4. The first kappa shape index (κ1) is 20.8. The van der Waals surface area contributed by atoms with Crippen LogP contribution in [0.4, 0.5) is 32.2 Å². The summed E-state index contributed by atoms with van der Waals surface area (Å²) in [6.45, 7) is -0.143. The summed E-state index contributed by atoms with van der Waals surface area (Å²) in [5.41, 5.74) is -4.54. The maximum Gasteiger partial charge on any atom is 0.433 e. The van der Waals surface area contributed by atoms with Gasteiger partial charge in [0.25, 0.3) is 0 Å². The number of terminal acetylenes is 1. The van der Waals surface area contributed by atoms with E-state index in [2.05, 4.69) is 16.2 Å². The predicted octanol–water partition coefficient (Wildman–Crippen LogP) is 3.10. The minimum atomic E-state index is -5.21. The number of fused-ring (bicyclic) bond motifs is 2. The molecule has 3 rings (SSSR count). The van der Waals surface area contributed by atoms with Crippen molar-refractivity contribution in [3.63, 3.8) is 0 Å². The van der Waals surface area contributed by atoms with Crippen molar-refractivity contribution >= 4 is 11.7 Å². The Kier molecular flexibility index (Phi) is 5.11. The summed E-state index contributed by atoms with van der Waals surface area (Å²) >= 11 is 0. The molecule has 29 heavy (non-hydrogen) atoms. The molecule has 1 N–H and O–H groups in total. The lowest BCUT2D eigenvalue weighted by atomic mass is 9.96. The predicted molar refractivity (Wildman–Crippen MR) is 88.2 cm³/mol. The van der Waals surface area contributed by atoms with Gasteiger partial charge in [-0.2, -0.15) is 31.6 Å². The van der Waals surface area contributed by atoms with E-state index in [0.29, 0.717) is 19.3 Å². The third-order valence-corrected chi connectivity index (χ3v) is 5.17. The number of rotatable bonds is 3. The number of amides is 1. The fourth-order valence-electron chi connectivity index (χ4n) is 4.07. The van der Waals surface area contributed by atoms with Crippen molar-refractivity contribution in [3.05, 3.63) is 22.9 Å². The van der Waals surface area contributed by atoms with Crippen molar-refractivity contribution < 1.29 is 31.1 Å². The number of pyridine rings is 1. The molecule has 1 aliphatic carbocycles. The van der Waals surface area contributed by atoms with Crippen LogP contribution in [0.2, 0.25) is 0 Å². The molecule has 1 amide bonds. The Morgan fingerprint density at radius 2 is 1.97 bits per heavy atom. The van der Waals surface area contributed by atoms with Crippen molar-refractivity contribution in [1.82, 2.24) is 10.3 Å². The van der Waals surface area contributed by atoms with Gasteiger partial charge in [0, 0.05) is 6.04 Å². The van der Waals surface area contributed by atoms with Crippen LogP contribution in [0, 0.1) is 29.6 Å². The lowest BCUT2D eigenvalue weighted by Gasteiger charge is -2.36. The molecule has 0 aromatic carbocycles. The summed E-state index contributed by atoms with van der Waals surface area (Å²) in [5.74, 6) is 0.509. The van der Waals surface area contributed by atoms with Crippen LogP contribution in [-0.4, -0.2) is 29.5 Å². The zero-order valence-electron chi connectivity index (χ0n) is 14.7. The number of carbonyl (C=O) groups excluding carboxylic acids is 1. The van der Waals surface area contributed by atoms with Gasteiger partial charge < -0.3 is 10.2 Å². The van der Waals surface area contributed by atoms with Crippen LogP contribution >= 0.6 is 0 Å². The van der Waals surface area contributed by atoms with Crippen LogP contribution in [0.1, 0.15) is 36.1 Å². The monoisotopic (exact) mass is 416 g/mol. The van der Waals surface area contributed by atoms with E-state index in [4.69, 9.17) is 6.42 Å². The number of hydrogen-bond donors (Lipinski definition) is 1. The number of anilines is 1. The Labute approximate surface area is 161 Å². The van der Waals surface area contributed by atoms with Gasteiger partial charge in [-0.1, -0.05) is 5.92 Å². The molecular formula is C18H14F6N4O. The standard InChI is InChI=1S/C18H14F6N4O/c1-2-5-26-16(29)14-9-3-4-10(6-9)28(14)15-11(8-25)12(17(19,20)21)7-13(27-15)18(22,23)24/h1,7,9-10,14H,3-6H2,(H,26,29)/t9-,10+,14-/m0/s1. The van der Waals surface area contributed by atoms with Gasteiger partial charge in [-0.3, -0.25) is 4.79 Å². The van der Waals surface area contributed by atoms with Gasteiger partial charge in [0.1, 0.15) is 29.2 Å². The van der Waals surface area contributed by atoms with Crippen LogP contribution < -0.4 is 10.2 Å². The van der Waals surface area contributed by atoms with E-state index in [9.17, 15) is 36.4 Å². The van der Waals surface area contributed by atoms with E-state index in [-0.39, 0.29) is 18.5 Å². The molecule has 1 saturated carbocycles. The van der Waals surface area contributed by atoms with E-state index in [0.717, 1.165) is 4.90 Å². The Morgan fingerprint density at radius 1 is 1.28 bits per heavy atom. The topological polar surface area (TPSA) is 69.0 Å². The SMILES string of the molecule is C#CCNC(=O)[C@@H]1[C@H]2CC[C@H](C2)N1c1nc(C(F)(F)F)cc(C(F)(F)F)c1C#N. The Hall–Kier alpha value is -2.95. The highest BCUT2D eigenvalue weighted by Gasteiger charge is 2.52. The maximum atomic E-state index is 13.4. The van der Waals surface area contributed by atoms with Crippen molar-refractivity contribution in [3.8, 4) is 18.4 Å². The van der Waals surface area contributed by atoms with E-state index in [1.54, 1.807) is 0 Å². The van der Waals surface area contributed by atoms with Crippen LogP contribution in [0.15, 0.2) is 6.07 Å². The molecule has 5 nitrogen and oxygen atoms in total. The van der Waals surface area contributed by atoms with Gasteiger partial charge in [-0.05, 0) is 31.2 Å². The number of nitriles is 1. The molecule has 1 saturated heterocycles. The molecule has 1 aromatic rings. The first-order chi connectivity index (χ1) is 13.5. The molecule has 11 heteroatoms. The average Bonchev–Trinajstić information content (AvgIpc) is 3.24. The minimum absolute atomic E-state index is 0.143. The zero-order valence-corrected chi connectivity index (χ0v) is 14.7. The molecule has 2 bridgehead atoms. The second kappa shape index (κ2) is 7.14. The minimum Gasteiger partial charge on any atom is -0.343 e. The third-order valence-electron chi connectivity index (χ3n) is 5.17. The number of hydrogen-bond acceptors (Lipinski definition) is 4. The van der Waals surface area contributed by atoms with Gasteiger partial charge in [0.2, 0.25) is 5.91 Å². The second-order valence-electron chi connectivity index (χ2n) is 6.86. The van der Waals surface area contributed by atoms with Gasteiger partial charge in [-0.15, -0.1) is 6.42 Å². The first-order valence-corrected chi connectivity index (χ1v) is 8.58. The molecule has 1 aliphatic heterocycles. The fourth-order valence-corrected chi connectivity index (χ4v) is 4.07. The smallest absolute Gasteiger partial charge is 0.343 e. The average molecular weight is 416 g/mol. The van der Waals surface area contributed by atoms with Crippen LogP contribution in [0.5, 0.6) is 0 Å². The number of aromatic nitrogens is 1. The molecule has 154 valence electrons. The van der Waals surface area contributed by atoms with Crippen molar-refractivity contribution in [2.24, 2.45) is 5.92 Å². The molecule has 3 atom stereocenters. The summed E-state index contributed by atoms with van der Waals surface area (Å²) in [5, 5.41) is 11.7. The van der Waals surface area contributed by atoms with E-state index in [1.807, 2.05) is 0 Å². The van der Waals surface area contributed by atoms with Crippen molar-refractivity contribution in [1.29, 1.82) is 5.26 Å². The Balaban J connectivity index is 2.19. The lowest BCUT2D eigenvalue weighted by Crippen LogP contribution is -2.51. The number of alkyl halides is 6. The summed E-state index contributed by atoms with van der Waals surface area (Å²) in [7, 11) is 0. The Bertz CT molecular complexity index is 911. The second-order valence-corrected chi connectivity index (χ2v) is 6.86. The number of piperidine rings is 1. The van der Waals surface area contributed by atoms with Crippen molar-refractivity contribution in [2.75, 3.05) is 11.4 Å². The highest BCUT2D eigenvalue weighted by Crippen LogP contribution is 2.47. The van der Waals surface area contributed by atoms with Crippen molar-refractivity contribution in [2.45, 2.75) is 43.7 Å². The van der Waals surface area contributed by atoms with Gasteiger partial charge in [-0.25, -0.2) is 4.98 Å². The highest BCUT2D eigenvalue weighted by molar-refractivity contribution is 5.87. The fraction of sp³-hybridized carbons (Fsp3) is 0.500. The molecular weight excluding hydrogens is 402 g/mol. The normalized spacial score (nSPS) is 23.6. The number of carbonyl (C=O) groups is 1. The Morgan fingerprint density at radius 3 is 2.52 bits per heavy atom. The maximum absolute atomic E-state index is 13.4. The molecule has 2 heterocycles. The first-order valence-electron chi connectivity index (χ1n) is 8.58. The van der Waals surface area contributed by atoms with E-state index in [1.165, 1.54) is 6.07 Å². The molecule has 0 spiro atoms. The van der Waals surface area contributed by atoms with E-state index >= 15 is 0 Å². The largest absolute Gasteiger partial charge is 0.433 e. The summed E-state index contributed by atoms with van der Waals surface area (Å²) in [6, 6.07) is -0.388. The zero-order chi connectivity index (χ0) is 21.6. The van der Waals surface area contributed by atoms with Crippen LogP contribution in [0.3, 0.4) is 0 Å². The van der Waals surface area contributed by atoms with E-state index < -0.39 is 53.0 Å². The molecule has 2 aliphatic rings. The number of nitrogens with one attached hydrogen (secondary N) is 1. The van der Waals surface area contributed by atoms with Gasteiger partial charge in [0.05, 0.1) is 12.1 Å². The quantitative estimate of drug-likeness (QED) is 0.608. The third kappa shape index (κ3) is 3.69. The number of halogens is 6. The van der Waals surface area contributed by atoms with Gasteiger partial charge >= 0.3 is 12.4 Å². The van der Waals surface area contributed by atoms with Crippen LogP contribution in [-0.2, 0) is 17.1 Å².